The minimum atomic E-state index is -0.311. The van der Waals surface area contributed by atoms with Gasteiger partial charge < -0.3 is 14.5 Å². The lowest BCUT2D eigenvalue weighted by Crippen LogP contribution is -2.68. The van der Waals surface area contributed by atoms with E-state index in [9.17, 15) is 9.59 Å². The molecule has 0 aromatic carbocycles. The van der Waals surface area contributed by atoms with Gasteiger partial charge in [-0.1, -0.05) is 0 Å². The Morgan fingerprint density at radius 1 is 1.20 bits per heavy atom. The molecule has 4 aliphatic rings. The van der Waals surface area contributed by atoms with Gasteiger partial charge in [0.05, 0.1) is 12.8 Å². The first kappa shape index (κ1) is 20.0. The van der Waals surface area contributed by atoms with E-state index in [0.29, 0.717) is 32.1 Å². The van der Waals surface area contributed by atoms with Crippen LogP contribution in [0.2, 0.25) is 0 Å². The van der Waals surface area contributed by atoms with E-state index in [1.54, 1.807) is 0 Å². The van der Waals surface area contributed by atoms with Crippen LogP contribution in [0.25, 0.3) is 0 Å². The zero-order valence-corrected chi connectivity index (χ0v) is 17.9. The number of rotatable bonds is 3. The van der Waals surface area contributed by atoms with E-state index in [4.69, 9.17) is 4.74 Å². The van der Waals surface area contributed by atoms with Gasteiger partial charge in [0.1, 0.15) is 6.04 Å². The van der Waals surface area contributed by atoms with Gasteiger partial charge in [-0.15, -0.1) is 0 Å². The fourth-order valence-electron chi connectivity index (χ4n) is 6.17. The Bertz CT molecular complexity index is 787. The van der Waals surface area contributed by atoms with Crippen LogP contribution in [0.4, 0.5) is 0 Å². The molecule has 0 radical (unpaired) electrons. The van der Waals surface area contributed by atoms with Crippen molar-refractivity contribution in [1.82, 2.24) is 24.5 Å². The van der Waals surface area contributed by atoms with Crippen molar-refractivity contribution in [3.05, 3.63) is 18.0 Å². The third-order valence-electron chi connectivity index (χ3n) is 7.37. The van der Waals surface area contributed by atoms with E-state index in [-0.39, 0.29) is 29.8 Å². The molecule has 0 saturated carbocycles. The van der Waals surface area contributed by atoms with Crippen molar-refractivity contribution in [3.63, 3.8) is 0 Å². The summed E-state index contributed by atoms with van der Waals surface area (Å²) in [6, 6.07) is -0.106. The monoisotopic (exact) mass is 415 g/mol. The van der Waals surface area contributed by atoms with Crippen molar-refractivity contribution in [3.8, 4) is 0 Å². The second kappa shape index (κ2) is 8.30. The van der Waals surface area contributed by atoms with Gasteiger partial charge in [0.2, 0.25) is 11.8 Å². The number of aryl methyl sites for hydroxylation is 1. The second-order valence-corrected chi connectivity index (χ2v) is 9.47. The number of aromatic nitrogens is 2. The standard InChI is InChI=1S/C22H33N5O3/c1-24-12-16(11-23-24)13-25-14-17-10-18(15-25)21(27-19(17)4-2-5-20(27)28)22(29)26-6-3-8-30-9-7-26/h11-12,17-19,21H,2-10,13-15H2,1H3/t17-,18+,19+,21-/m1/s1. The van der Waals surface area contributed by atoms with Crippen LogP contribution in [0, 0.1) is 11.8 Å². The van der Waals surface area contributed by atoms with Gasteiger partial charge in [0.25, 0.3) is 0 Å². The molecule has 2 bridgehead atoms. The highest BCUT2D eigenvalue weighted by molar-refractivity contribution is 5.89. The fraction of sp³-hybridized carbons (Fsp3) is 0.773. The maximum atomic E-state index is 13.7. The van der Waals surface area contributed by atoms with Crippen LogP contribution in [-0.2, 0) is 27.9 Å². The first-order chi connectivity index (χ1) is 14.6. The molecule has 4 atom stereocenters. The average Bonchev–Trinajstić information content (AvgIpc) is 2.97. The van der Waals surface area contributed by atoms with Gasteiger partial charge in [-0.25, -0.2) is 0 Å². The van der Waals surface area contributed by atoms with Gasteiger partial charge in [0, 0.05) is 76.5 Å². The number of amides is 2. The lowest BCUT2D eigenvalue weighted by molar-refractivity contribution is -0.165. The molecular weight excluding hydrogens is 382 g/mol. The molecule has 0 N–H and O–H groups in total. The van der Waals surface area contributed by atoms with Crippen LogP contribution >= 0.6 is 0 Å². The molecule has 8 heteroatoms. The maximum Gasteiger partial charge on any atom is 0.245 e. The molecule has 2 amide bonds. The van der Waals surface area contributed by atoms with Crippen LogP contribution in [0.1, 0.15) is 37.7 Å². The van der Waals surface area contributed by atoms with E-state index >= 15 is 0 Å². The Kier molecular flexibility index (Phi) is 5.54. The summed E-state index contributed by atoms with van der Waals surface area (Å²) >= 11 is 0. The number of likely N-dealkylation sites (tertiary alicyclic amines) is 1. The zero-order valence-electron chi connectivity index (χ0n) is 17.9. The third-order valence-corrected chi connectivity index (χ3v) is 7.37. The molecule has 0 aliphatic carbocycles. The normalized spacial score (nSPS) is 32.6. The molecule has 4 saturated heterocycles. The van der Waals surface area contributed by atoms with Gasteiger partial charge >= 0.3 is 0 Å². The van der Waals surface area contributed by atoms with Crippen LogP contribution in [0.3, 0.4) is 0 Å². The molecule has 1 aromatic heterocycles. The van der Waals surface area contributed by atoms with Crippen molar-refractivity contribution < 1.29 is 14.3 Å². The summed E-state index contributed by atoms with van der Waals surface area (Å²) in [5.41, 5.74) is 1.21. The smallest absolute Gasteiger partial charge is 0.245 e. The topological polar surface area (TPSA) is 70.9 Å². The Hall–Kier alpha value is -1.93. The van der Waals surface area contributed by atoms with Crippen LogP contribution in [0.15, 0.2) is 12.4 Å². The van der Waals surface area contributed by atoms with Gasteiger partial charge in [-0.2, -0.15) is 5.10 Å². The zero-order chi connectivity index (χ0) is 20.7. The van der Waals surface area contributed by atoms with Crippen molar-refractivity contribution in [1.29, 1.82) is 0 Å². The summed E-state index contributed by atoms with van der Waals surface area (Å²) in [4.78, 5) is 33.2. The quantitative estimate of drug-likeness (QED) is 0.733. The Morgan fingerprint density at radius 3 is 2.90 bits per heavy atom. The van der Waals surface area contributed by atoms with Crippen molar-refractivity contribution >= 4 is 11.8 Å². The highest BCUT2D eigenvalue weighted by Gasteiger charge is 2.52. The van der Waals surface area contributed by atoms with E-state index in [2.05, 4.69) is 16.2 Å². The summed E-state index contributed by atoms with van der Waals surface area (Å²) < 4.78 is 7.41. The van der Waals surface area contributed by atoms with E-state index in [0.717, 1.165) is 51.9 Å². The van der Waals surface area contributed by atoms with Gasteiger partial charge in [0.15, 0.2) is 0 Å². The molecule has 4 fully saturated rings. The third kappa shape index (κ3) is 3.75. The number of nitrogens with zero attached hydrogens (tertiary/aromatic N) is 5. The molecule has 8 nitrogen and oxygen atoms in total. The fourth-order valence-corrected chi connectivity index (χ4v) is 6.17. The van der Waals surface area contributed by atoms with Gasteiger partial charge in [-0.3, -0.25) is 19.2 Å². The summed E-state index contributed by atoms with van der Waals surface area (Å²) in [5.74, 6) is 0.995. The molecule has 0 unspecified atom stereocenters. The van der Waals surface area contributed by atoms with Crippen molar-refractivity contribution in [2.24, 2.45) is 18.9 Å². The number of carbonyl (C=O) groups excluding carboxylic acids is 2. The molecule has 4 aliphatic heterocycles. The molecule has 0 spiro atoms. The number of piperidine rings is 3. The predicted molar refractivity (Wildman–Crippen MR) is 110 cm³/mol. The summed E-state index contributed by atoms with van der Waals surface area (Å²) in [7, 11) is 1.94. The number of fused-ring (bicyclic) bond motifs is 4. The minimum absolute atomic E-state index is 0.146. The molecule has 164 valence electrons. The lowest BCUT2D eigenvalue weighted by atomic mass is 9.71. The highest BCUT2D eigenvalue weighted by atomic mass is 16.5. The first-order valence-electron chi connectivity index (χ1n) is 11.5. The molecule has 5 heterocycles. The number of carbonyl (C=O) groups is 2. The summed E-state index contributed by atoms with van der Waals surface area (Å²) in [5, 5.41) is 4.31. The van der Waals surface area contributed by atoms with Crippen molar-refractivity contribution in [2.75, 3.05) is 39.4 Å². The largest absolute Gasteiger partial charge is 0.380 e. The highest BCUT2D eigenvalue weighted by Crippen LogP contribution is 2.42. The van der Waals surface area contributed by atoms with Crippen LogP contribution in [0.5, 0.6) is 0 Å². The minimum Gasteiger partial charge on any atom is -0.380 e. The molecular formula is C22H33N5O3. The Morgan fingerprint density at radius 2 is 2.07 bits per heavy atom. The Balaban J connectivity index is 1.40. The van der Waals surface area contributed by atoms with Crippen LogP contribution in [-0.4, -0.2) is 87.8 Å². The SMILES string of the molecule is Cn1cc(CN2C[C@H]3C[C@@H](C2)[C@H](C(=O)N2CCCOCC2)N2C(=O)CCC[C@@H]32)cn1. The van der Waals surface area contributed by atoms with Gasteiger partial charge in [-0.05, 0) is 31.6 Å². The van der Waals surface area contributed by atoms with Crippen molar-refractivity contribution in [2.45, 2.75) is 50.7 Å². The molecule has 5 rings (SSSR count). The average molecular weight is 416 g/mol. The lowest BCUT2D eigenvalue weighted by Gasteiger charge is -2.56. The molecule has 30 heavy (non-hydrogen) atoms. The number of hydrogen-bond acceptors (Lipinski definition) is 5. The van der Waals surface area contributed by atoms with E-state index in [1.807, 2.05) is 27.7 Å². The molecule has 1 aromatic rings. The first-order valence-corrected chi connectivity index (χ1v) is 11.5. The van der Waals surface area contributed by atoms with Crippen LogP contribution < -0.4 is 0 Å². The Labute approximate surface area is 178 Å². The second-order valence-electron chi connectivity index (χ2n) is 9.47. The maximum absolute atomic E-state index is 13.7. The summed E-state index contributed by atoms with van der Waals surface area (Å²) in [6.07, 6.45) is 8.48. The summed E-state index contributed by atoms with van der Waals surface area (Å²) in [6.45, 7) is 5.40. The number of hydrogen-bond donors (Lipinski definition) is 0. The van der Waals surface area contributed by atoms with E-state index in [1.165, 1.54) is 5.56 Å². The predicted octanol–water partition coefficient (Wildman–Crippen LogP) is 0.870. The van der Waals surface area contributed by atoms with E-state index < -0.39 is 0 Å². The number of ether oxygens (including phenoxy) is 1.